The molecule has 0 saturated heterocycles. The quantitative estimate of drug-likeness (QED) is 0.740. The molecular formula is C15H24ClNOS. The Bertz CT molecular complexity index is 378. The highest BCUT2D eigenvalue weighted by Gasteiger charge is 2.37. The largest absolute Gasteiger partial charge is 0.377 e. The molecule has 0 spiro atoms. The van der Waals surface area contributed by atoms with Crippen molar-refractivity contribution >= 4 is 22.9 Å². The molecular weight excluding hydrogens is 278 g/mol. The van der Waals surface area contributed by atoms with Crippen molar-refractivity contribution in [2.24, 2.45) is 5.92 Å². The Kier molecular flexibility index (Phi) is 6.14. The third-order valence-corrected chi connectivity index (χ3v) is 4.80. The molecule has 1 saturated carbocycles. The Labute approximate surface area is 125 Å². The number of hydrogen-bond donors (Lipinski definition) is 1. The summed E-state index contributed by atoms with van der Waals surface area (Å²) in [5.74, 6) is 0.754. The summed E-state index contributed by atoms with van der Waals surface area (Å²) in [6, 6.07) is 4.55. The molecule has 1 aliphatic rings. The van der Waals surface area contributed by atoms with Gasteiger partial charge in [0.1, 0.15) is 0 Å². The SMILES string of the molecule is CCCNC(Cc1ccc(Cl)s1)C(OCC)C1CC1. The van der Waals surface area contributed by atoms with Crippen LogP contribution in [0.15, 0.2) is 12.1 Å². The summed E-state index contributed by atoms with van der Waals surface area (Å²) in [4.78, 5) is 1.35. The Morgan fingerprint density at radius 2 is 2.21 bits per heavy atom. The molecule has 1 aliphatic carbocycles. The lowest BCUT2D eigenvalue weighted by Crippen LogP contribution is -2.44. The second-order valence-electron chi connectivity index (χ2n) is 5.23. The molecule has 1 aromatic rings. The van der Waals surface area contributed by atoms with Crippen molar-refractivity contribution in [2.45, 2.75) is 51.7 Å². The zero-order valence-electron chi connectivity index (χ0n) is 11.8. The average Bonchev–Trinajstić information content (AvgIpc) is 3.15. The second-order valence-corrected chi connectivity index (χ2v) is 7.03. The average molecular weight is 302 g/mol. The number of thiophene rings is 1. The molecule has 0 bridgehead atoms. The van der Waals surface area contributed by atoms with Crippen molar-refractivity contribution < 1.29 is 4.74 Å². The first kappa shape index (κ1) is 15.3. The summed E-state index contributed by atoms with van der Waals surface area (Å²) in [5, 5.41) is 3.67. The van der Waals surface area contributed by atoms with Crippen LogP contribution in [0.5, 0.6) is 0 Å². The number of ether oxygens (including phenoxy) is 1. The van der Waals surface area contributed by atoms with Gasteiger partial charge in [0.2, 0.25) is 0 Å². The van der Waals surface area contributed by atoms with Crippen LogP contribution in [0.3, 0.4) is 0 Å². The Morgan fingerprint density at radius 1 is 1.42 bits per heavy atom. The minimum absolute atomic E-state index is 0.359. The highest BCUT2D eigenvalue weighted by atomic mass is 35.5. The van der Waals surface area contributed by atoms with Crippen LogP contribution in [0.25, 0.3) is 0 Å². The van der Waals surface area contributed by atoms with Crippen molar-refractivity contribution in [3.8, 4) is 0 Å². The van der Waals surface area contributed by atoms with E-state index in [4.69, 9.17) is 16.3 Å². The third kappa shape index (κ3) is 4.75. The van der Waals surface area contributed by atoms with Crippen LogP contribution >= 0.6 is 22.9 Å². The van der Waals surface area contributed by atoms with E-state index in [0.29, 0.717) is 12.1 Å². The molecule has 2 atom stereocenters. The second kappa shape index (κ2) is 7.63. The van der Waals surface area contributed by atoms with Gasteiger partial charge in [0.25, 0.3) is 0 Å². The van der Waals surface area contributed by atoms with Crippen LogP contribution in [0.2, 0.25) is 4.34 Å². The van der Waals surface area contributed by atoms with Gasteiger partial charge in [0.05, 0.1) is 10.4 Å². The Hall–Kier alpha value is -0.0900. The third-order valence-electron chi connectivity index (χ3n) is 3.55. The van der Waals surface area contributed by atoms with E-state index in [1.54, 1.807) is 11.3 Å². The molecule has 19 heavy (non-hydrogen) atoms. The van der Waals surface area contributed by atoms with Gasteiger partial charge in [-0.15, -0.1) is 11.3 Å². The van der Waals surface area contributed by atoms with Crippen LogP contribution in [-0.4, -0.2) is 25.3 Å². The summed E-state index contributed by atoms with van der Waals surface area (Å²) in [7, 11) is 0. The molecule has 2 nitrogen and oxygen atoms in total. The Morgan fingerprint density at radius 3 is 2.74 bits per heavy atom. The molecule has 0 amide bonds. The first-order valence-corrected chi connectivity index (χ1v) is 8.53. The fourth-order valence-electron chi connectivity index (χ4n) is 2.51. The van der Waals surface area contributed by atoms with Gasteiger partial charge in [0, 0.05) is 17.5 Å². The molecule has 1 fully saturated rings. The van der Waals surface area contributed by atoms with Crippen molar-refractivity contribution in [3.05, 3.63) is 21.3 Å². The van der Waals surface area contributed by atoms with Gasteiger partial charge in [-0.3, -0.25) is 0 Å². The molecule has 2 rings (SSSR count). The Balaban J connectivity index is 2.00. The summed E-state index contributed by atoms with van der Waals surface area (Å²) in [5.41, 5.74) is 0. The van der Waals surface area contributed by atoms with Crippen molar-refractivity contribution in [2.75, 3.05) is 13.2 Å². The maximum absolute atomic E-state index is 6.03. The van der Waals surface area contributed by atoms with Crippen molar-refractivity contribution in [1.82, 2.24) is 5.32 Å². The highest BCUT2D eigenvalue weighted by molar-refractivity contribution is 7.16. The molecule has 1 aromatic heterocycles. The molecule has 0 aliphatic heterocycles. The molecule has 1 heterocycles. The van der Waals surface area contributed by atoms with Gasteiger partial charge >= 0.3 is 0 Å². The molecule has 0 radical (unpaired) electrons. The number of hydrogen-bond acceptors (Lipinski definition) is 3. The normalized spacial score (nSPS) is 18.5. The molecule has 2 unspecified atom stereocenters. The highest BCUT2D eigenvalue weighted by Crippen LogP contribution is 2.37. The number of nitrogens with one attached hydrogen (secondary N) is 1. The maximum atomic E-state index is 6.03. The van der Waals surface area contributed by atoms with Gasteiger partial charge in [-0.2, -0.15) is 0 Å². The summed E-state index contributed by atoms with van der Waals surface area (Å²) < 4.78 is 6.89. The topological polar surface area (TPSA) is 21.3 Å². The molecule has 0 aromatic carbocycles. The van der Waals surface area contributed by atoms with E-state index in [-0.39, 0.29) is 0 Å². The van der Waals surface area contributed by atoms with Crippen LogP contribution in [0.1, 0.15) is 38.0 Å². The fraction of sp³-hybridized carbons (Fsp3) is 0.733. The minimum atomic E-state index is 0.359. The van der Waals surface area contributed by atoms with E-state index in [0.717, 1.165) is 36.2 Å². The molecule has 4 heteroatoms. The summed E-state index contributed by atoms with van der Waals surface area (Å²) in [6.45, 7) is 6.16. The lowest BCUT2D eigenvalue weighted by molar-refractivity contribution is 0.0194. The molecule has 108 valence electrons. The van der Waals surface area contributed by atoms with Crippen molar-refractivity contribution in [1.29, 1.82) is 0 Å². The maximum Gasteiger partial charge on any atom is 0.0931 e. The van der Waals surface area contributed by atoms with Crippen LogP contribution in [0.4, 0.5) is 0 Å². The standard InChI is InChI=1S/C15H24ClNOS/c1-3-9-17-13(10-12-7-8-14(16)19-12)15(18-4-2)11-5-6-11/h7-8,11,13,15,17H,3-6,9-10H2,1-2H3. The van der Waals surface area contributed by atoms with Crippen LogP contribution in [-0.2, 0) is 11.2 Å². The zero-order valence-corrected chi connectivity index (χ0v) is 13.4. The van der Waals surface area contributed by atoms with Gasteiger partial charge < -0.3 is 10.1 Å². The van der Waals surface area contributed by atoms with Crippen LogP contribution < -0.4 is 5.32 Å². The minimum Gasteiger partial charge on any atom is -0.377 e. The van der Waals surface area contributed by atoms with Crippen molar-refractivity contribution in [3.63, 3.8) is 0 Å². The lowest BCUT2D eigenvalue weighted by atomic mass is 10.0. The van der Waals surface area contributed by atoms with E-state index < -0.39 is 0 Å². The predicted molar refractivity (Wildman–Crippen MR) is 83.3 cm³/mol. The van der Waals surface area contributed by atoms with E-state index in [9.17, 15) is 0 Å². The van der Waals surface area contributed by atoms with Crippen LogP contribution in [0, 0.1) is 5.92 Å². The van der Waals surface area contributed by atoms with Gasteiger partial charge in [-0.25, -0.2) is 0 Å². The summed E-state index contributed by atoms with van der Waals surface area (Å²) in [6.07, 6.45) is 5.18. The first-order valence-electron chi connectivity index (χ1n) is 7.33. The van der Waals surface area contributed by atoms with Gasteiger partial charge in [0.15, 0.2) is 0 Å². The molecule has 1 N–H and O–H groups in total. The zero-order chi connectivity index (χ0) is 13.7. The van der Waals surface area contributed by atoms with E-state index in [2.05, 4.69) is 25.2 Å². The van der Waals surface area contributed by atoms with Gasteiger partial charge in [-0.05, 0) is 57.2 Å². The number of halogens is 1. The van der Waals surface area contributed by atoms with E-state index in [1.807, 2.05) is 6.07 Å². The predicted octanol–water partition coefficient (Wildman–Crippen LogP) is 4.13. The van der Waals surface area contributed by atoms with Gasteiger partial charge in [-0.1, -0.05) is 18.5 Å². The van der Waals surface area contributed by atoms with E-state index in [1.165, 1.54) is 17.7 Å². The number of rotatable bonds is 9. The monoisotopic (exact) mass is 301 g/mol. The fourth-order valence-corrected chi connectivity index (χ4v) is 3.66. The smallest absolute Gasteiger partial charge is 0.0931 e. The lowest BCUT2D eigenvalue weighted by Gasteiger charge is -2.28. The summed E-state index contributed by atoms with van der Waals surface area (Å²) >= 11 is 7.72. The first-order chi connectivity index (χ1) is 9.24. The van der Waals surface area contributed by atoms with E-state index >= 15 is 0 Å².